The van der Waals surface area contributed by atoms with Gasteiger partial charge in [0.05, 0.1) is 17.4 Å². The number of carbonyl (C=O) groups is 1. The molecule has 26 heavy (non-hydrogen) atoms. The lowest BCUT2D eigenvalue weighted by atomic mass is 10.1. The van der Waals surface area contributed by atoms with Gasteiger partial charge in [-0.05, 0) is 42.0 Å². The normalized spacial score (nSPS) is 21.0. The maximum absolute atomic E-state index is 12.6. The van der Waals surface area contributed by atoms with Gasteiger partial charge >= 0.3 is 0 Å². The lowest BCUT2D eigenvalue weighted by molar-refractivity contribution is 0.102. The first-order chi connectivity index (χ1) is 12.8. The lowest BCUT2D eigenvalue weighted by Crippen LogP contribution is -2.18. The number of thioether (sulfide) groups is 2. The molecule has 0 unspecified atom stereocenters. The number of anilines is 1. The van der Waals surface area contributed by atoms with Crippen LogP contribution in [-0.4, -0.2) is 40.4 Å². The molecule has 0 aliphatic carbocycles. The summed E-state index contributed by atoms with van der Waals surface area (Å²) in [6, 6.07) is 9.85. The molecule has 4 rings (SSSR count). The third-order valence-corrected chi connectivity index (χ3v) is 7.70. The lowest BCUT2D eigenvalue weighted by Gasteiger charge is -2.21. The Balaban J connectivity index is 1.39. The third-order valence-electron chi connectivity index (χ3n) is 4.69. The van der Waals surface area contributed by atoms with Gasteiger partial charge in [-0.15, -0.1) is 23.5 Å². The first kappa shape index (κ1) is 17.9. The van der Waals surface area contributed by atoms with E-state index in [0.717, 1.165) is 32.0 Å². The van der Waals surface area contributed by atoms with Gasteiger partial charge < -0.3 is 10.1 Å². The van der Waals surface area contributed by atoms with Gasteiger partial charge in [0.1, 0.15) is 5.82 Å². The van der Waals surface area contributed by atoms with Gasteiger partial charge in [0.2, 0.25) is 0 Å². The maximum atomic E-state index is 12.6. The predicted octanol–water partition coefficient (Wildman–Crippen LogP) is 4.04. The highest BCUT2D eigenvalue weighted by Gasteiger charge is 2.19. The van der Waals surface area contributed by atoms with Gasteiger partial charge in [0, 0.05) is 30.7 Å². The summed E-state index contributed by atoms with van der Waals surface area (Å²) in [5.74, 6) is 3.55. The molecule has 2 aliphatic heterocycles. The molecule has 0 bridgehead atoms. The molecule has 5 nitrogen and oxygen atoms in total. The van der Waals surface area contributed by atoms with Gasteiger partial charge in [-0.1, -0.05) is 12.1 Å². The average molecular weight is 390 g/mol. The topological polar surface area (TPSA) is 56.2 Å². The first-order valence-corrected chi connectivity index (χ1v) is 11.1. The van der Waals surface area contributed by atoms with E-state index in [1.54, 1.807) is 6.20 Å². The van der Waals surface area contributed by atoms with Crippen molar-refractivity contribution in [1.82, 2.24) is 9.78 Å². The Morgan fingerprint density at radius 2 is 2.04 bits per heavy atom. The fourth-order valence-electron chi connectivity index (χ4n) is 3.22. The van der Waals surface area contributed by atoms with E-state index >= 15 is 0 Å². The molecule has 1 aromatic carbocycles. The summed E-state index contributed by atoms with van der Waals surface area (Å²) >= 11 is 3.98. The molecule has 0 spiro atoms. The van der Waals surface area contributed by atoms with Crippen LogP contribution in [0, 0.1) is 5.92 Å². The molecule has 2 fully saturated rings. The molecule has 1 aromatic heterocycles. The number of carbonyl (C=O) groups excluding carboxylic acids is 1. The highest BCUT2D eigenvalue weighted by Crippen LogP contribution is 2.43. The summed E-state index contributed by atoms with van der Waals surface area (Å²) < 4.78 is 7.78. The second-order valence-electron chi connectivity index (χ2n) is 6.63. The molecule has 1 amide bonds. The van der Waals surface area contributed by atoms with E-state index in [-0.39, 0.29) is 5.91 Å². The Morgan fingerprint density at radius 1 is 1.23 bits per heavy atom. The van der Waals surface area contributed by atoms with Crippen LogP contribution in [0.5, 0.6) is 0 Å². The van der Waals surface area contributed by atoms with Crippen LogP contribution < -0.4 is 5.32 Å². The zero-order valence-electron chi connectivity index (χ0n) is 14.6. The Labute approximate surface area is 162 Å². The smallest absolute Gasteiger partial charge is 0.256 e. The largest absolute Gasteiger partial charge is 0.381 e. The van der Waals surface area contributed by atoms with E-state index in [0.29, 0.717) is 16.1 Å². The number of benzene rings is 1. The summed E-state index contributed by atoms with van der Waals surface area (Å²) in [6.45, 7) is 2.36. The van der Waals surface area contributed by atoms with Crippen molar-refractivity contribution < 1.29 is 9.53 Å². The molecule has 1 N–H and O–H groups in total. The Morgan fingerprint density at radius 3 is 2.77 bits per heavy atom. The van der Waals surface area contributed by atoms with Crippen LogP contribution in [-0.2, 0) is 11.3 Å². The number of nitrogens with zero attached hydrogens (tertiary/aromatic N) is 2. The van der Waals surface area contributed by atoms with Gasteiger partial charge in [0.25, 0.3) is 5.91 Å². The van der Waals surface area contributed by atoms with Crippen LogP contribution in [0.3, 0.4) is 0 Å². The number of ether oxygens (including phenoxy) is 1. The van der Waals surface area contributed by atoms with E-state index < -0.39 is 0 Å². The summed E-state index contributed by atoms with van der Waals surface area (Å²) in [5, 5.41) is 7.33. The minimum atomic E-state index is -0.0927. The summed E-state index contributed by atoms with van der Waals surface area (Å²) in [4.78, 5) is 12.6. The van der Waals surface area contributed by atoms with Crippen molar-refractivity contribution >= 4 is 35.2 Å². The number of hydrogen-bond donors (Lipinski definition) is 1. The Kier molecular flexibility index (Phi) is 5.87. The number of nitrogens with one attached hydrogen (secondary N) is 1. The average Bonchev–Trinajstić information content (AvgIpc) is 3.35. The van der Waals surface area contributed by atoms with Gasteiger partial charge in [-0.3, -0.25) is 4.79 Å². The molecule has 0 saturated carbocycles. The SMILES string of the molecule is O=C(Nc1ccnn1C[C@H]1CCOC1)c1ccc(C2SCCCS2)cc1. The zero-order valence-corrected chi connectivity index (χ0v) is 16.2. The van der Waals surface area contributed by atoms with E-state index in [4.69, 9.17) is 4.74 Å². The first-order valence-electron chi connectivity index (χ1n) is 9.04. The van der Waals surface area contributed by atoms with E-state index in [1.165, 1.54) is 23.5 Å². The van der Waals surface area contributed by atoms with Gasteiger partial charge in [-0.25, -0.2) is 4.68 Å². The van der Waals surface area contributed by atoms with Crippen LogP contribution >= 0.6 is 23.5 Å². The number of hydrogen-bond acceptors (Lipinski definition) is 5. The van der Waals surface area contributed by atoms with Crippen molar-refractivity contribution in [3.05, 3.63) is 47.7 Å². The van der Waals surface area contributed by atoms with Crippen LogP contribution in [0.2, 0.25) is 0 Å². The van der Waals surface area contributed by atoms with E-state index in [2.05, 4.69) is 22.5 Å². The molecule has 2 saturated heterocycles. The van der Waals surface area contributed by atoms with Gasteiger partial charge in [0.15, 0.2) is 0 Å². The monoisotopic (exact) mass is 389 g/mol. The van der Waals surface area contributed by atoms with Crippen LogP contribution in [0.4, 0.5) is 5.82 Å². The fraction of sp³-hybridized carbons (Fsp3) is 0.474. The molecule has 2 aromatic rings. The van der Waals surface area contributed by atoms with Crippen molar-refractivity contribution in [2.24, 2.45) is 5.92 Å². The quantitative estimate of drug-likeness (QED) is 0.836. The maximum Gasteiger partial charge on any atom is 0.256 e. The van der Waals surface area contributed by atoms with Crippen molar-refractivity contribution in [2.75, 3.05) is 30.0 Å². The second-order valence-corrected chi connectivity index (χ2v) is 9.36. The number of rotatable bonds is 5. The summed E-state index contributed by atoms with van der Waals surface area (Å²) in [7, 11) is 0. The highest BCUT2D eigenvalue weighted by molar-refractivity contribution is 8.16. The highest BCUT2D eigenvalue weighted by atomic mass is 32.2. The van der Waals surface area contributed by atoms with Crippen molar-refractivity contribution in [3.8, 4) is 0 Å². The number of amides is 1. The molecule has 138 valence electrons. The van der Waals surface area contributed by atoms with Crippen molar-refractivity contribution in [3.63, 3.8) is 0 Å². The van der Waals surface area contributed by atoms with Crippen LogP contribution in [0.15, 0.2) is 36.5 Å². The molecular weight excluding hydrogens is 366 g/mol. The fourth-order valence-corrected chi connectivity index (χ4v) is 6.11. The molecule has 7 heteroatoms. The predicted molar refractivity (Wildman–Crippen MR) is 108 cm³/mol. The molecule has 2 aliphatic rings. The Bertz CT molecular complexity index is 735. The number of aromatic nitrogens is 2. The van der Waals surface area contributed by atoms with Crippen LogP contribution in [0.25, 0.3) is 0 Å². The molecule has 3 heterocycles. The van der Waals surface area contributed by atoms with E-state index in [9.17, 15) is 4.79 Å². The third kappa shape index (κ3) is 4.27. The molecule has 0 radical (unpaired) electrons. The van der Waals surface area contributed by atoms with Crippen molar-refractivity contribution in [1.29, 1.82) is 0 Å². The minimum Gasteiger partial charge on any atom is -0.381 e. The zero-order chi connectivity index (χ0) is 17.8. The van der Waals surface area contributed by atoms with Crippen LogP contribution in [0.1, 0.15) is 33.3 Å². The van der Waals surface area contributed by atoms with E-state index in [1.807, 2.05) is 46.4 Å². The standard InChI is InChI=1S/C19H23N3O2S2/c23-18(15-2-4-16(5-3-15)19-25-10-1-11-26-19)21-17-6-8-20-22(17)12-14-7-9-24-13-14/h2-6,8,14,19H,1,7,9-13H2,(H,21,23)/t14-/m1/s1. The van der Waals surface area contributed by atoms with Crippen molar-refractivity contribution in [2.45, 2.75) is 24.0 Å². The molecular formula is C19H23N3O2S2. The second kappa shape index (κ2) is 8.50. The minimum absolute atomic E-state index is 0.0927. The molecule has 1 atom stereocenters. The summed E-state index contributed by atoms with van der Waals surface area (Å²) in [5.41, 5.74) is 1.97. The Hall–Kier alpha value is -1.44. The van der Waals surface area contributed by atoms with Gasteiger partial charge in [-0.2, -0.15) is 5.10 Å². The summed E-state index contributed by atoms with van der Waals surface area (Å²) in [6.07, 6.45) is 4.06.